The summed E-state index contributed by atoms with van der Waals surface area (Å²) in [5, 5.41) is 9.32. The SMILES string of the molecule is Nc1cccc(S(=O)(=O)NC2CCCCC2CO)c1. The summed E-state index contributed by atoms with van der Waals surface area (Å²) in [5.74, 6) is 0.00424. The van der Waals surface area contributed by atoms with Gasteiger partial charge in [-0.1, -0.05) is 18.9 Å². The average molecular weight is 284 g/mol. The van der Waals surface area contributed by atoms with Crippen LogP contribution in [0.4, 0.5) is 5.69 Å². The zero-order valence-electron chi connectivity index (χ0n) is 10.7. The molecule has 106 valence electrons. The molecule has 1 aliphatic rings. The highest BCUT2D eigenvalue weighted by Crippen LogP contribution is 2.25. The second kappa shape index (κ2) is 5.90. The van der Waals surface area contributed by atoms with E-state index in [1.54, 1.807) is 12.1 Å². The van der Waals surface area contributed by atoms with Crippen LogP contribution in [0.5, 0.6) is 0 Å². The van der Waals surface area contributed by atoms with Crippen molar-refractivity contribution in [2.45, 2.75) is 36.6 Å². The molecular formula is C13H20N2O3S. The summed E-state index contributed by atoms with van der Waals surface area (Å²) in [5.41, 5.74) is 6.03. The van der Waals surface area contributed by atoms with Crippen LogP contribution in [0, 0.1) is 5.92 Å². The van der Waals surface area contributed by atoms with Gasteiger partial charge in [0.1, 0.15) is 0 Å². The molecule has 0 heterocycles. The first kappa shape index (κ1) is 14.3. The Balaban J connectivity index is 2.16. The fraction of sp³-hybridized carbons (Fsp3) is 0.538. The van der Waals surface area contributed by atoms with Crippen LogP contribution in [-0.4, -0.2) is 26.2 Å². The Hall–Kier alpha value is -1.11. The summed E-state index contributed by atoms with van der Waals surface area (Å²) in [7, 11) is -3.57. The van der Waals surface area contributed by atoms with E-state index in [9.17, 15) is 13.5 Å². The molecule has 0 saturated heterocycles. The summed E-state index contributed by atoms with van der Waals surface area (Å²) < 4.78 is 27.2. The first-order chi connectivity index (χ1) is 9.03. The van der Waals surface area contributed by atoms with E-state index in [1.807, 2.05) is 0 Å². The smallest absolute Gasteiger partial charge is 0.240 e. The van der Waals surface area contributed by atoms with Gasteiger partial charge in [0.15, 0.2) is 0 Å². The first-order valence-electron chi connectivity index (χ1n) is 6.51. The van der Waals surface area contributed by atoms with E-state index in [1.165, 1.54) is 12.1 Å². The fourth-order valence-electron chi connectivity index (χ4n) is 2.53. The lowest BCUT2D eigenvalue weighted by atomic mass is 9.86. The van der Waals surface area contributed by atoms with Crippen LogP contribution >= 0.6 is 0 Å². The van der Waals surface area contributed by atoms with Gasteiger partial charge in [0.2, 0.25) is 10.0 Å². The van der Waals surface area contributed by atoms with Gasteiger partial charge in [-0.2, -0.15) is 0 Å². The molecule has 0 aromatic heterocycles. The lowest BCUT2D eigenvalue weighted by Crippen LogP contribution is -2.43. The second-order valence-corrected chi connectivity index (χ2v) is 6.74. The van der Waals surface area contributed by atoms with Gasteiger partial charge in [0.25, 0.3) is 0 Å². The van der Waals surface area contributed by atoms with Crippen molar-refractivity contribution in [1.82, 2.24) is 4.72 Å². The first-order valence-corrected chi connectivity index (χ1v) is 8.00. The quantitative estimate of drug-likeness (QED) is 0.722. The Labute approximate surface area is 113 Å². The van der Waals surface area contributed by atoms with Crippen LogP contribution in [0.3, 0.4) is 0 Å². The third kappa shape index (κ3) is 3.46. The Kier molecular flexibility index (Phi) is 4.44. The number of aliphatic hydroxyl groups is 1. The minimum atomic E-state index is -3.57. The molecule has 0 aliphatic heterocycles. The Morgan fingerprint density at radius 1 is 1.32 bits per heavy atom. The van der Waals surface area contributed by atoms with Crippen molar-refractivity contribution in [3.05, 3.63) is 24.3 Å². The third-order valence-corrected chi connectivity index (χ3v) is 5.11. The van der Waals surface area contributed by atoms with E-state index in [2.05, 4.69) is 4.72 Å². The highest BCUT2D eigenvalue weighted by molar-refractivity contribution is 7.89. The summed E-state index contributed by atoms with van der Waals surface area (Å²) >= 11 is 0. The van der Waals surface area contributed by atoms with E-state index in [4.69, 9.17) is 5.73 Å². The largest absolute Gasteiger partial charge is 0.399 e. The Bertz CT molecular complexity index is 530. The predicted molar refractivity (Wildman–Crippen MR) is 74.0 cm³/mol. The average Bonchev–Trinajstić information content (AvgIpc) is 2.39. The van der Waals surface area contributed by atoms with Crippen molar-refractivity contribution in [3.63, 3.8) is 0 Å². The van der Waals surface area contributed by atoms with Gasteiger partial charge in [-0.05, 0) is 37.0 Å². The number of hydrogen-bond donors (Lipinski definition) is 3. The molecule has 1 fully saturated rings. The molecule has 1 saturated carbocycles. The number of rotatable bonds is 4. The molecule has 0 bridgehead atoms. The van der Waals surface area contributed by atoms with Gasteiger partial charge >= 0.3 is 0 Å². The summed E-state index contributed by atoms with van der Waals surface area (Å²) in [4.78, 5) is 0.176. The van der Waals surface area contributed by atoms with Crippen molar-refractivity contribution in [2.24, 2.45) is 5.92 Å². The number of nitrogens with two attached hydrogens (primary N) is 1. The van der Waals surface area contributed by atoms with E-state index in [0.29, 0.717) is 5.69 Å². The number of anilines is 1. The van der Waals surface area contributed by atoms with Crippen LogP contribution in [0.25, 0.3) is 0 Å². The Morgan fingerprint density at radius 2 is 2.05 bits per heavy atom. The van der Waals surface area contributed by atoms with Crippen LogP contribution in [0.1, 0.15) is 25.7 Å². The number of nitrogens with one attached hydrogen (secondary N) is 1. The molecule has 1 aliphatic carbocycles. The summed E-state index contributed by atoms with van der Waals surface area (Å²) in [6, 6.07) is 6.05. The molecular weight excluding hydrogens is 264 g/mol. The molecule has 5 nitrogen and oxygen atoms in total. The summed E-state index contributed by atoms with van der Waals surface area (Å²) in [6.07, 6.45) is 3.66. The van der Waals surface area contributed by atoms with Crippen LogP contribution in [-0.2, 0) is 10.0 Å². The molecule has 19 heavy (non-hydrogen) atoms. The van der Waals surface area contributed by atoms with Crippen LogP contribution < -0.4 is 10.5 Å². The number of aliphatic hydroxyl groups excluding tert-OH is 1. The third-order valence-electron chi connectivity index (χ3n) is 3.62. The fourth-order valence-corrected chi connectivity index (χ4v) is 3.92. The van der Waals surface area contributed by atoms with Gasteiger partial charge < -0.3 is 10.8 Å². The lowest BCUT2D eigenvalue weighted by molar-refractivity contribution is 0.164. The molecule has 1 aromatic rings. The minimum Gasteiger partial charge on any atom is -0.399 e. The highest BCUT2D eigenvalue weighted by Gasteiger charge is 2.28. The van der Waals surface area contributed by atoms with E-state index in [-0.39, 0.29) is 23.5 Å². The number of nitrogen functional groups attached to an aromatic ring is 1. The number of hydrogen-bond acceptors (Lipinski definition) is 4. The van der Waals surface area contributed by atoms with Gasteiger partial charge in [-0.3, -0.25) is 0 Å². The maximum absolute atomic E-state index is 12.3. The van der Waals surface area contributed by atoms with Gasteiger partial charge in [-0.25, -0.2) is 13.1 Å². The minimum absolute atomic E-state index is 0.00424. The Morgan fingerprint density at radius 3 is 2.74 bits per heavy atom. The molecule has 6 heteroatoms. The van der Waals surface area contributed by atoms with Gasteiger partial charge in [0, 0.05) is 18.3 Å². The van der Waals surface area contributed by atoms with Crippen molar-refractivity contribution in [1.29, 1.82) is 0 Å². The number of sulfonamides is 1. The van der Waals surface area contributed by atoms with Crippen molar-refractivity contribution in [2.75, 3.05) is 12.3 Å². The van der Waals surface area contributed by atoms with Crippen molar-refractivity contribution < 1.29 is 13.5 Å². The monoisotopic (exact) mass is 284 g/mol. The topological polar surface area (TPSA) is 92.4 Å². The zero-order valence-corrected chi connectivity index (χ0v) is 11.6. The molecule has 0 spiro atoms. The van der Waals surface area contributed by atoms with Crippen LogP contribution in [0.15, 0.2) is 29.2 Å². The van der Waals surface area contributed by atoms with E-state index in [0.717, 1.165) is 25.7 Å². The van der Waals surface area contributed by atoms with Gasteiger partial charge in [0.05, 0.1) is 4.90 Å². The molecule has 0 amide bonds. The molecule has 0 radical (unpaired) electrons. The molecule has 2 unspecified atom stereocenters. The second-order valence-electron chi connectivity index (χ2n) is 5.03. The normalized spacial score (nSPS) is 24.3. The zero-order chi connectivity index (χ0) is 13.9. The molecule has 4 N–H and O–H groups in total. The van der Waals surface area contributed by atoms with Gasteiger partial charge in [-0.15, -0.1) is 0 Å². The standard InChI is InChI=1S/C13H20N2O3S/c14-11-5-3-6-12(8-11)19(17,18)15-13-7-2-1-4-10(13)9-16/h3,5-6,8,10,13,15-16H,1-2,4,7,9,14H2. The highest BCUT2D eigenvalue weighted by atomic mass is 32.2. The maximum Gasteiger partial charge on any atom is 0.240 e. The molecule has 2 rings (SSSR count). The molecule has 2 atom stereocenters. The number of benzene rings is 1. The molecule has 1 aromatic carbocycles. The van der Waals surface area contributed by atoms with E-state index < -0.39 is 10.0 Å². The lowest BCUT2D eigenvalue weighted by Gasteiger charge is -2.30. The predicted octanol–water partition coefficient (Wildman–Crippen LogP) is 1.10. The summed E-state index contributed by atoms with van der Waals surface area (Å²) in [6.45, 7) is 0.0180. The van der Waals surface area contributed by atoms with Crippen LogP contribution in [0.2, 0.25) is 0 Å². The van der Waals surface area contributed by atoms with Crippen molar-refractivity contribution >= 4 is 15.7 Å². The van der Waals surface area contributed by atoms with Crippen molar-refractivity contribution in [3.8, 4) is 0 Å². The maximum atomic E-state index is 12.3. The van der Waals surface area contributed by atoms with E-state index >= 15 is 0 Å².